The molecule has 0 aromatic heterocycles. The Morgan fingerprint density at radius 3 is 2.30 bits per heavy atom. The molecule has 30 heavy (non-hydrogen) atoms. The standard InChI is InChI=1S/C22H32BNO6/c1-20(2,3)28-19(27)24-14-17(23-29-21(4,5)22(6,7)30-23)12-15-9-8-10-16(11-15)13-18(25)26/h8-12H,13-14H2,1-7H3,(H,24,27)(H,25,26). The number of rotatable bonds is 6. The molecule has 0 atom stereocenters. The van der Waals surface area contributed by atoms with Gasteiger partial charge >= 0.3 is 19.2 Å². The minimum Gasteiger partial charge on any atom is -0.481 e. The van der Waals surface area contributed by atoms with E-state index < -0.39 is 36.0 Å². The van der Waals surface area contributed by atoms with Gasteiger partial charge in [0, 0.05) is 6.54 Å². The highest BCUT2D eigenvalue weighted by molar-refractivity contribution is 6.56. The first kappa shape index (κ1) is 24.0. The fourth-order valence-corrected chi connectivity index (χ4v) is 2.87. The van der Waals surface area contributed by atoms with Crippen LogP contribution in [0.3, 0.4) is 0 Å². The quantitative estimate of drug-likeness (QED) is 0.683. The third-order valence-electron chi connectivity index (χ3n) is 5.05. The van der Waals surface area contributed by atoms with Gasteiger partial charge in [0.15, 0.2) is 0 Å². The molecule has 1 fully saturated rings. The number of hydrogen-bond donors (Lipinski definition) is 2. The van der Waals surface area contributed by atoms with E-state index in [1.54, 1.807) is 39.0 Å². The lowest BCUT2D eigenvalue weighted by Gasteiger charge is -2.32. The normalized spacial score (nSPS) is 18.2. The van der Waals surface area contributed by atoms with E-state index in [0.29, 0.717) is 11.0 Å². The largest absolute Gasteiger partial charge is 0.492 e. The molecule has 164 valence electrons. The van der Waals surface area contributed by atoms with Crippen molar-refractivity contribution in [3.8, 4) is 0 Å². The topological polar surface area (TPSA) is 94.1 Å². The van der Waals surface area contributed by atoms with E-state index in [4.69, 9.17) is 19.2 Å². The maximum absolute atomic E-state index is 12.2. The summed E-state index contributed by atoms with van der Waals surface area (Å²) >= 11 is 0. The number of carbonyl (C=O) groups is 2. The van der Waals surface area contributed by atoms with Crippen LogP contribution in [0.25, 0.3) is 6.08 Å². The Hall–Kier alpha value is -2.32. The number of alkyl carbamates (subject to hydrolysis) is 1. The summed E-state index contributed by atoms with van der Waals surface area (Å²) in [6, 6.07) is 7.23. The smallest absolute Gasteiger partial charge is 0.481 e. The number of carboxylic acid groups (broad SMARTS) is 1. The highest BCUT2D eigenvalue weighted by atomic mass is 16.7. The third-order valence-corrected chi connectivity index (χ3v) is 5.05. The second-order valence-electron chi connectivity index (χ2n) is 9.48. The van der Waals surface area contributed by atoms with Crippen molar-refractivity contribution < 1.29 is 28.7 Å². The fraction of sp³-hybridized carbons (Fsp3) is 0.545. The van der Waals surface area contributed by atoms with Gasteiger partial charge in [-0.25, -0.2) is 4.79 Å². The zero-order valence-electron chi connectivity index (χ0n) is 18.9. The van der Waals surface area contributed by atoms with Crippen molar-refractivity contribution in [2.45, 2.75) is 71.7 Å². The molecule has 1 aromatic rings. The number of carboxylic acids is 1. The molecule has 7 nitrogen and oxygen atoms in total. The van der Waals surface area contributed by atoms with Gasteiger partial charge < -0.3 is 24.5 Å². The number of benzene rings is 1. The summed E-state index contributed by atoms with van der Waals surface area (Å²) in [5.74, 6) is -0.895. The molecule has 0 bridgehead atoms. The lowest BCUT2D eigenvalue weighted by atomic mass is 9.77. The highest BCUT2D eigenvalue weighted by Crippen LogP contribution is 2.38. The summed E-state index contributed by atoms with van der Waals surface area (Å²) in [7, 11) is -0.659. The Balaban J connectivity index is 2.29. The van der Waals surface area contributed by atoms with Crippen LogP contribution in [0.1, 0.15) is 59.6 Å². The number of aliphatic carboxylic acids is 1. The molecule has 0 saturated carbocycles. The van der Waals surface area contributed by atoms with Crippen molar-refractivity contribution >= 4 is 25.3 Å². The SMILES string of the molecule is CC(C)(C)OC(=O)NCC(=Cc1cccc(CC(=O)O)c1)B1OC(C)(C)C(C)(C)O1. The van der Waals surface area contributed by atoms with Gasteiger partial charge in [0.25, 0.3) is 0 Å². The molecule has 8 heteroatoms. The van der Waals surface area contributed by atoms with Crippen LogP contribution in [0.15, 0.2) is 29.7 Å². The van der Waals surface area contributed by atoms with Crippen LogP contribution >= 0.6 is 0 Å². The monoisotopic (exact) mass is 417 g/mol. The molecule has 1 amide bonds. The van der Waals surface area contributed by atoms with Crippen LogP contribution in [0.4, 0.5) is 4.79 Å². The molecular formula is C22H32BNO6. The summed E-state index contributed by atoms with van der Waals surface area (Å²) in [4.78, 5) is 23.2. The van der Waals surface area contributed by atoms with Crippen molar-refractivity contribution in [3.63, 3.8) is 0 Å². The van der Waals surface area contributed by atoms with E-state index in [9.17, 15) is 9.59 Å². The fourth-order valence-electron chi connectivity index (χ4n) is 2.87. The first-order valence-corrected chi connectivity index (χ1v) is 10.0. The van der Waals surface area contributed by atoms with Crippen molar-refractivity contribution in [2.24, 2.45) is 0 Å². The minimum atomic E-state index is -0.895. The van der Waals surface area contributed by atoms with Crippen molar-refractivity contribution in [2.75, 3.05) is 6.54 Å². The lowest BCUT2D eigenvalue weighted by Crippen LogP contribution is -2.41. The maximum atomic E-state index is 12.2. The second-order valence-corrected chi connectivity index (χ2v) is 9.48. The molecule has 1 aliphatic heterocycles. The molecule has 2 N–H and O–H groups in total. The molecule has 1 aromatic carbocycles. The molecule has 2 rings (SSSR count). The van der Waals surface area contributed by atoms with Gasteiger partial charge in [0.05, 0.1) is 17.6 Å². The van der Waals surface area contributed by atoms with Gasteiger partial charge in [-0.2, -0.15) is 0 Å². The number of carbonyl (C=O) groups excluding carboxylic acids is 1. The molecule has 0 radical (unpaired) electrons. The van der Waals surface area contributed by atoms with Crippen LogP contribution in [-0.2, 0) is 25.3 Å². The number of nitrogens with one attached hydrogen (secondary N) is 1. The first-order chi connectivity index (χ1) is 13.7. The average molecular weight is 417 g/mol. The van der Waals surface area contributed by atoms with E-state index in [0.717, 1.165) is 5.56 Å². The molecular weight excluding hydrogens is 385 g/mol. The number of ether oxygens (including phenoxy) is 1. The predicted molar refractivity (Wildman–Crippen MR) is 116 cm³/mol. The molecule has 1 aliphatic rings. The molecule has 1 saturated heterocycles. The Morgan fingerprint density at radius 2 is 1.77 bits per heavy atom. The summed E-state index contributed by atoms with van der Waals surface area (Å²) in [6.07, 6.45) is 1.25. The summed E-state index contributed by atoms with van der Waals surface area (Å²) < 4.78 is 17.6. The Kier molecular flexibility index (Phi) is 7.04. The molecule has 1 heterocycles. The Bertz CT molecular complexity index is 809. The Morgan fingerprint density at radius 1 is 1.17 bits per heavy atom. The van der Waals surface area contributed by atoms with Gasteiger partial charge in [-0.05, 0) is 65.1 Å². The van der Waals surface area contributed by atoms with Crippen molar-refractivity contribution in [1.29, 1.82) is 0 Å². The minimum absolute atomic E-state index is 0.0658. The van der Waals surface area contributed by atoms with E-state index in [1.165, 1.54) is 0 Å². The van der Waals surface area contributed by atoms with Crippen LogP contribution in [0.2, 0.25) is 0 Å². The molecule has 0 aliphatic carbocycles. The van der Waals surface area contributed by atoms with Gasteiger partial charge in [-0.1, -0.05) is 30.3 Å². The van der Waals surface area contributed by atoms with E-state index in [-0.39, 0.29) is 13.0 Å². The average Bonchev–Trinajstić information content (AvgIpc) is 2.77. The van der Waals surface area contributed by atoms with E-state index in [2.05, 4.69) is 5.32 Å². The predicted octanol–water partition coefficient (Wildman–Crippen LogP) is 3.85. The van der Waals surface area contributed by atoms with Crippen LogP contribution in [0.5, 0.6) is 0 Å². The van der Waals surface area contributed by atoms with Crippen molar-refractivity contribution in [3.05, 3.63) is 40.9 Å². The summed E-state index contributed by atoms with van der Waals surface area (Å²) in [5.41, 5.74) is 0.506. The first-order valence-electron chi connectivity index (χ1n) is 10.0. The summed E-state index contributed by atoms with van der Waals surface area (Å²) in [6.45, 7) is 13.4. The van der Waals surface area contributed by atoms with Crippen LogP contribution < -0.4 is 5.32 Å². The summed E-state index contributed by atoms with van der Waals surface area (Å²) in [5, 5.41) is 11.8. The van der Waals surface area contributed by atoms with Gasteiger partial charge in [-0.3, -0.25) is 4.79 Å². The lowest BCUT2D eigenvalue weighted by molar-refractivity contribution is -0.136. The van der Waals surface area contributed by atoms with Crippen LogP contribution in [0, 0.1) is 0 Å². The van der Waals surface area contributed by atoms with E-state index in [1.807, 2.05) is 39.8 Å². The van der Waals surface area contributed by atoms with Crippen LogP contribution in [-0.4, -0.2) is 47.6 Å². The number of hydrogen-bond acceptors (Lipinski definition) is 5. The van der Waals surface area contributed by atoms with Gasteiger partial charge in [0.2, 0.25) is 0 Å². The third kappa shape index (κ3) is 6.60. The van der Waals surface area contributed by atoms with Gasteiger partial charge in [-0.15, -0.1) is 0 Å². The highest BCUT2D eigenvalue weighted by Gasteiger charge is 2.52. The Labute approximate surface area is 178 Å². The number of amides is 1. The molecule has 0 unspecified atom stereocenters. The second kappa shape index (κ2) is 8.82. The van der Waals surface area contributed by atoms with Crippen molar-refractivity contribution in [1.82, 2.24) is 5.32 Å². The molecule has 0 spiro atoms. The zero-order chi connectivity index (χ0) is 22.7. The van der Waals surface area contributed by atoms with Gasteiger partial charge in [0.1, 0.15) is 5.60 Å². The van der Waals surface area contributed by atoms with E-state index >= 15 is 0 Å². The maximum Gasteiger partial charge on any atom is 0.492 e. The zero-order valence-corrected chi connectivity index (χ0v) is 18.9.